The highest BCUT2D eigenvalue weighted by atomic mass is 19.4. The molecule has 1 aliphatic rings. The highest BCUT2D eigenvalue weighted by Crippen LogP contribution is 2.42. The van der Waals surface area contributed by atoms with Crippen LogP contribution in [0, 0.1) is 20.2 Å². The van der Waals surface area contributed by atoms with Gasteiger partial charge in [0.15, 0.2) is 6.10 Å². The number of carbonyl (C=O) groups is 2. The molecule has 1 atom stereocenters. The van der Waals surface area contributed by atoms with Gasteiger partial charge in [0.1, 0.15) is 24.7 Å². The normalized spacial score (nSPS) is 14.7. The minimum absolute atomic E-state index is 0.0774. The van der Waals surface area contributed by atoms with Crippen molar-refractivity contribution in [2.24, 2.45) is 0 Å². The lowest BCUT2D eigenvalue weighted by Crippen LogP contribution is -2.41. The zero-order valence-electron chi connectivity index (χ0n) is 19.7. The second-order valence-corrected chi connectivity index (χ2v) is 7.26. The van der Waals surface area contributed by atoms with E-state index in [2.05, 4.69) is 28.6 Å². The number of alkyl halides is 6. The van der Waals surface area contributed by atoms with Crippen molar-refractivity contribution in [3.8, 4) is 11.5 Å². The van der Waals surface area contributed by atoms with Crippen LogP contribution >= 0.6 is 0 Å². The van der Waals surface area contributed by atoms with E-state index in [1.54, 1.807) is 0 Å². The van der Waals surface area contributed by atoms with Gasteiger partial charge in [0, 0.05) is 5.56 Å². The molecule has 0 amide bonds. The van der Waals surface area contributed by atoms with Gasteiger partial charge in [-0.1, -0.05) is 6.92 Å². The molecule has 0 fully saturated rings. The molecule has 1 aliphatic heterocycles. The van der Waals surface area contributed by atoms with Gasteiger partial charge in [0.2, 0.25) is 12.9 Å². The van der Waals surface area contributed by atoms with Crippen LogP contribution in [0.15, 0.2) is 17.7 Å². The number of halogens is 6. The second-order valence-electron chi connectivity index (χ2n) is 7.26. The number of esters is 1. The van der Waals surface area contributed by atoms with Crippen molar-refractivity contribution in [1.82, 2.24) is 0 Å². The SMILES string of the molecule is CCc1cc(OC(F)(F)F)cc2c1OC(C(F)(F)F)C(C(=O)OCOC(=O)OC(CO[N+](=O)[O-])CO[N+](=O)[O-])=C2. The van der Waals surface area contributed by atoms with Gasteiger partial charge in [-0.15, -0.1) is 33.4 Å². The molecule has 21 heteroatoms. The summed E-state index contributed by atoms with van der Waals surface area (Å²) in [6.07, 6.45) is -16.3. The van der Waals surface area contributed by atoms with Crippen LogP contribution in [0.3, 0.4) is 0 Å². The number of nitrogens with zero attached hydrogens (tertiary/aromatic N) is 2. The van der Waals surface area contributed by atoms with Crippen LogP contribution < -0.4 is 9.47 Å². The summed E-state index contributed by atoms with van der Waals surface area (Å²) in [4.78, 5) is 52.3. The third kappa shape index (κ3) is 9.54. The first-order valence-corrected chi connectivity index (χ1v) is 10.4. The van der Waals surface area contributed by atoms with E-state index in [-0.39, 0.29) is 17.5 Å². The van der Waals surface area contributed by atoms with Crippen molar-refractivity contribution in [3.63, 3.8) is 0 Å². The fraction of sp³-hybridized carbons (Fsp3) is 0.474. The molecule has 0 spiro atoms. The average Bonchev–Trinajstić information content (AvgIpc) is 2.82. The fourth-order valence-corrected chi connectivity index (χ4v) is 3.01. The molecule has 0 aromatic heterocycles. The maximum absolute atomic E-state index is 13.7. The van der Waals surface area contributed by atoms with E-state index in [0.29, 0.717) is 12.1 Å². The summed E-state index contributed by atoms with van der Waals surface area (Å²) in [6, 6.07) is 1.49. The van der Waals surface area contributed by atoms with Crippen molar-refractivity contribution in [3.05, 3.63) is 49.1 Å². The number of hydrogen-bond acceptors (Lipinski definition) is 13. The van der Waals surface area contributed by atoms with Gasteiger partial charge in [-0.05, 0) is 30.2 Å². The van der Waals surface area contributed by atoms with Gasteiger partial charge in [-0.25, -0.2) is 9.59 Å². The number of fused-ring (bicyclic) bond motifs is 1. The molecule has 0 N–H and O–H groups in total. The zero-order chi connectivity index (χ0) is 30.3. The zero-order valence-corrected chi connectivity index (χ0v) is 19.7. The molecular weight excluding hydrogens is 578 g/mol. The number of carbonyl (C=O) groups excluding carboxylic acids is 2. The van der Waals surface area contributed by atoms with Gasteiger partial charge in [-0.3, -0.25) is 0 Å². The van der Waals surface area contributed by atoms with E-state index < -0.39 is 84.1 Å². The van der Waals surface area contributed by atoms with Crippen LogP contribution in [0.1, 0.15) is 18.1 Å². The highest BCUT2D eigenvalue weighted by molar-refractivity contribution is 5.96. The van der Waals surface area contributed by atoms with Gasteiger partial charge in [0.05, 0.1) is 5.57 Å². The first-order valence-electron chi connectivity index (χ1n) is 10.4. The van der Waals surface area contributed by atoms with E-state index in [9.17, 15) is 56.2 Å². The Kier molecular flexibility index (Phi) is 10.1. The standard InChI is InChI=1S/C19H16F6N2O13/c1-2-9-3-11(40-19(23,24)25)4-10-5-13(15(18(20,21)22)39-14(9)10)16(28)34-8-35-17(29)38-12(6-36-26(30)31)7-37-27(32)33/h3-5,12,15H,2,6-8H2,1H3. The number of aryl methyl sites for hydroxylation is 1. The molecule has 222 valence electrons. The monoisotopic (exact) mass is 594 g/mol. The maximum atomic E-state index is 13.7. The summed E-state index contributed by atoms with van der Waals surface area (Å²) >= 11 is 0. The van der Waals surface area contributed by atoms with Crippen LogP contribution in [0.25, 0.3) is 6.08 Å². The van der Waals surface area contributed by atoms with Crippen molar-refractivity contribution in [2.45, 2.75) is 38.1 Å². The molecular formula is C19H16F6N2O13. The fourth-order valence-electron chi connectivity index (χ4n) is 3.01. The number of benzene rings is 1. The molecule has 40 heavy (non-hydrogen) atoms. The predicted octanol–water partition coefficient (Wildman–Crippen LogP) is 3.29. The lowest BCUT2D eigenvalue weighted by molar-refractivity contribution is -0.768. The van der Waals surface area contributed by atoms with E-state index in [1.165, 1.54) is 6.92 Å². The lowest BCUT2D eigenvalue weighted by atomic mass is 9.97. The van der Waals surface area contributed by atoms with Gasteiger partial charge in [0.25, 0.3) is 10.2 Å². The highest BCUT2D eigenvalue weighted by Gasteiger charge is 2.49. The second kappa shape index (κ2) is 12.9. The summed E-state index contributed by atoms with van der Waals surface area (Å²) in [5.74, 6) is -3.04. The van der Waals surface area contributed by atoms with Gasteiger partial charge in [-0.2, -0.15) is 13.2 Å². The molecule has 0 saturated carbocycles. The van der Waals surface area contributed by atoms with E-state index in [0.717, 1.165) is 6.07 Å². The Hall–Kier alpha value is -4.72. The smallest absolute Gasteiger partial charge is 0.475 e. The Labute approximate surface area is 217 Å². The third-order valence-electron chi connectivity index (χ3n) is 4.51. The largest absolute Gasteiger partial charge is 0.573 e. The molecule has 0 radical (unpaired) electrons. The summed E-state index contributed by atoms with van der Waals surface area (Å²) in [5.41, 5.74) is -1.72. The Bertz CT molecular complexity index is 1140. The topological polar surface area (TPSA) is 185 Å². The maximum Gasteiger partial charge on any atom is 0.573 e. The molecule has 1 unspecified atom stereocenters. The van der Waals surface area contributed by atoms with Crippen LogP contribution in [0.5, 0.6) is 11.5 Å². The van der Waals surface area contributed by atoms with Crippen LogP contribution in [-0.2, 0) is 35.1 Å². The van der Waals surface area contributed by atoms with Gasteiger partial charge < -0.3 is 33.4 Å². The number of hydrogen-bond donors (Lipinski definition) is 0. The van der Waals surface area contributed by atoms with E-state index in [1.807, 2.05) is 0 Å². The number of ether oxygens (including phenoxy) is 5. The summed E-state index contributed by atoms with van der Waals surface area (Å²) in [7, 11) is 0. The third-order valence-corrected chi connectivity index (χ3v) is 4.51. The minimum atomic E-state index is -5.21. The molecule has 0 bridgehead atoms. The Morgan fingerprint density at radius 1 is 1.02 bits per heavy atom. The first-order chi connectivity index (χ1) is 18.5. The van der Waals surface area contributed by atoms with E-state index in [4.69, 9.17) is 4.74 Å². The molecule has 1 aromatic rings. The molecule has 1 aromatic carbocycles. The number of rotatable bonds is 12. The van der Waals surface area contributed by atoms with Gasteiger partial charge >= 0.3 is 24.7 Å². The van der Waals surface area contributed by atoms with Crippen LogP contribution in [0.2, 0.25) is 0 Å². The summed E-state index contributed by atoms with van der Waals surface area (Å²) < 4.78 is 101. The Morgan fingerprint density at radius 2 is 1.62 bits per heavy atom. The van der Waals surface area contributed by atoms with Crippen LogP contribution in [0.4, 0.5) is 31.1 Å². The quantitative estimate of drug-likeness (QED) is 0.113. The summed E-state index contributed by atoms with van der Waals surface area (Å²) in [6.45, 7) is -2.08. The molecule has 0 aliphatic carbocycles. The Morgan fingerprint density at radius 3 is 2.12 bits per heavy atom. The first kappa shape index (κ1) is 31.5. The van der Waals surface area contributed by atoms with Crippen molar-refractivity contribution < 1.29 is 79.5 Å². The lowest BCUT2D eigenvalue weighted by Gasteiger charge is -2.29. The van der Waals surface area contributed by atoms with Crippen molar-refractivity contribution in [2.75, 3.05) is 20.0 Å². The predicted molar refractivity (Wildman–Crippen MR) is 109 cm³/mol. The van der Waals surface area contributed by atoms with Crippen molar-refractivity contribution >= 4 is 18.2 Å². The average molecular weight is 594 g/mol. The Balaban J connectivity index is 2.17. The van der Waals surface area contributed by atoms with Crippen LogP contribution in [-0.4, -0.2) is 67.1 Å². The summed E-state index contributed by atoms with van der Waals surface area (Å²) in [5, 5.41) is 17.8. The molecule has 0 saturated heterocycles. The molecule has 15 nitrogen and oxygen atoms in total. The van der Waals surface area contributed by atoms with E-state index >= 15 is 0 Å². The molecule has 1 heterocycles. The minimum Gasteiger partial charge on any atom is -0.475 e. The van der Waals surface area contributed by atoms with Crippen molar-refractivity contribution in [1.29, 1.82) is 0 Å². The molecule has 2 rings (SSSR count).